The average molecular weight is 327 g/mol. The van der Waals surface area contributed by atoms with Crippen molar-refractivity contribution in [2.45, 2.75) is 51.2 Å². The number of sulfonamides is 1. The predicted octanol–water partition coefficient (Wildman–Crippen LogP) is 1.37. The fourth-order valence-electron chi connectivity index (χ4n) is 2.96. The van der Waals surface area contributed by atoms with Gasteiger partial charge in [-0.05, 0) is 44.9 Å². The van der Waals surface area contributed by atoms with Crippen LogP contribution in [0.3, 0.4) is 0 Å². The highest BCUT2D eigenvalue weighted by atomic mass is 35.5. The minimum Gasteiger partial charge on any atom is -0.377 e. The number of halogens is 1. The van der Waals surface area contributed by atoms with Gasteiger partial charge in [0.15, 0.2) is 0 Å². The van der Waals surface area contributed by atoms with Crippen LogP contribution in [-0.4, -0.2) is 50.3 Å². The van der Waals surface area contributed by atoms with Crippen LogP contribution in [0.1, 0.15) is 39.0 Å². The lowest BCUT2D eigenvalue weighted by molar-refractivity contribution is 0.0297. The van der Waals surface area contributed by atoms with E-state index in [4.69, 9.17) is 10.5 Å². The number of hydrogen-bond acceptors (Lipinski definition) is 4. The SMILES string of the molecule is CC(N)C1CCN(S(=O)(=O)CC2CCCCO2)CC1.Cl. The van der Waals surface area contributed by atoms with Gasteiger partial charge in [0, 0.05) is 25.7 Å². The summed E-state index contributed by atoms with van der Waals surface area (Å²) in [7, 11) is -3.16. The molecule has 2 fully saturated rings. The van der Waals surface area contributed by atoms with Crippen molar-refractivity contribution in [2.24, 2.45) is 11.7 Å². The average Bonchev–Trinajstić information content (AvgIpc) is 2.39. The van der Waals surface area contributed by atoms with Gasteiger partial charge in [-0.3, -0.25) is 0 Å². The Labute approximate surface area is 128 Å². The van der Waals surface area contributed by atoms with Crippen molar-refractivity contribution in [2.75, 3.05) is 25.4 Å². The molecule has 0 amide bonds. The van der Waals surface area contributed by atoms with Crippen molar-refractivity contribution in [1.82, 2.24) is 4.31 Å². The van der Waals surface area contributed by atoms with Crippen molar-refractivity contribution in [3.63, 3.8) is 0 Å². The number of nitrogens with two attached hydrogens (primary N) is 1. The Morgan fingerprint density at radius 1 is 1.25 bits per heavy atom. The first-order valence-electron chi connectivity index (χ1n) is 7.34. The van der Waals surface area contributed by atoms with E-state index in [1.165, 1.54) is 0 Å². The van der Waals surface area contributed by atoms with E-state index < -0.39 is 10.0 Å². The molecule has 120 valence electrons. The van der Waals surface area contributed by atoms with Crippen molar-refractivity contribution in [3.8, 4) is 0 Å². The van der Waals surface area contributed by atoms with Gasteiger partial charge in [-0.2, -0.15) is 0 Å². The lowest BCUT2D eigenvalue weighted by atomic mass is 9.92. The van der Waals surface area contributed by atoms with Gasteiger partial charge >= 0.3 is 0 Å². The molecular weight excluding hydrogens is 300 g/mol. The van der Waals surface area contributed by atoms with E-state index in [2.05, 4.69) is 0 Å². The molecule has 0 aliphatic carbocycles. The summed E-state index contributed by atoms with van der Waals surface area (Å²) in [5.74, 6) is 0.605. The van der Waals surface area contributed by atoms with Crippen molar-refractivity contribution < 1.29 is 13.2 Å². The lowest BCUT2D eigenvalue weighted by Crippen LogP contribution is -2.45. The van der Waals surface area contributed by atoms with Crippen LogP contribution in [0.25, 0.3) is 0 Å². The summed E-state index contributed by atoms with van der Waals surface area (Å²) in [5, 5.41) is 0. The summed E-state index contributed by atoms with van der Waals surface area (Å²) >= 11 is 0. The minimum absolute atomic E-state index is 0. The van der Waals surface area contributed by atoms with Crippen molar-refractivity contribution in [3.05, 3.63) is 0 Å². The van der Waals surface area contributed by atoms with Gasteiger partial charge in [0.05, 0.1) is 11.9 Å². The predicted molar refractivity (Wildman–Crippen MR) is 82.6 cm³/mol. The fourth-order valence-corrected chi connectivity index (χ4v) is 4.67. The minimum atomic E-state index is -3.16. The van der Waals surface area contributed by atoms with Crippen LogP contribution in [0.15, 0.2) is 0 Å². The third-order valence-corrected chi connectivity index (χ3v) is 6.25. The molecule has 0 aromatic carbocycles. The Morgan fingerprint density at radius 3 is 2.40 bits per heavy atom. The smallest absolute Gasteiger partial charge is 0.216 e. The fraction of sp³-hybridized carbons (Fsp3) is 1.00. The molecule has 5 nitrogen and oxygen atoms in total. The molecule has 0 spiro atoms. The normalized spacial score (nSPS) is 27.8. The summed E-state index contributed by atoms with van der Waals surface area (Å²) in [4.78, 5) is 0. The van der Waals surface area contributed by atoms with E-state index in [0.717, 1.165) is 32.1 Å². The van der Waals surface area contributed by atoms with Gasteiger partial charge in [0.2, 0.25) is 10.0 Å². The van der Waals surface area contributed by atoms with E-state index in [0.29, 0.717) is 25.6 Å². The first-order valence-corrected chi connectivity index (χ1v) is 8.95. The van der Waals surface area contributed by atoms with Gasteiger partial charge in [0.25, 0.3) is 0 Å². The third kappa shape index (κ3) is 4.84. The standard InChI is InChI=1S/C13H26N2O3S.ClH/c1-11(14)12-5-7-15(8-6-12)19(16,17)10-13-4-2-3-9-18-13;/h11-13H,2-10,14H2,1H3;1H. The van der Waals surface area contributed by atoms with Crippen LogP contribution in [0.2, 0.25) is 0 Å². The van der Waals surface area contributed by atoms with Gasteiger partial charge in [-0.25, -0.2) is 12.7 Å². The Hall–Kier alpha value is 0.120. The van der Waals surface area contributed by atoms with E-state index in [9.17, 15) is 8.42 Å². The van der Waals surface area contributed by atoms with Crippen LogP contribution in [0.5, 0.6) is 0 Å². The van der Waals surface area contributed by atoms with Crippen LogP contribution < -0.4 is 5.73 Å². The second kappa shape index (κ2) is 7.94. The van der Waals surface area contributed by atoms with Gasteiger partial charge in [-0.15, -0.1) is 12.4 Å². The van der Waals surface area contributed by atoms with E-state index in [-0.39, 0.29) is 30.3 Å². The molecule has 2 heterocycles. The zero-order chi connectivity index (χ0) is 13.9. The molecular formula is C13H27ClN2O3S. The van der Waals surface area contributed by atoms with E-state index in [1.54, 1.807) is 4.31 Å². The first kappa shape index (κ1) is 18.2. The molecule has 2 saturated heterocycles. The van der Waals surface area contributed by atoms with Gasteiger partial charge in [-0.1, -0.05) is 0 Å². The molecule has 7 heteroatoms. The summed E-state index contributed by atoms with van der Waals surface area (Å²) in [6, 6.07) is 0.159. The second-order valence-corrected chi connectivity index (χ2v) is 7.88. The quantitative estimate of drug-likeness (QED) is 0.846. The highest BCUT2D eigenvalue weighted by Crippen LogP contribution is 2.23. The summed E-state index contributed by atoms with van der Waals surface area (Å²) in [5.41, 5.74) is 5.88. The summed E-state index contributed by atoms with van der Waals surface area (Å²) < 4.78 is 31.9. The molecule has 2 aliphatic heterocycles. The molecule has 20 heavy (non-hydrogen) atoms. The van der Waals surface area contributed by atoms with Crippen LogP contribution in [0.4, 0.5) is 0 Å². The monoisotopic (exact) mass is 326 g/mol. The molecule has 2 unspecified atom stereocenters. The van der Waals surface area contributed by atoms with Crippen LogP contribution in [0, 0.1) is 5.92 Å². The maximum Gasteiger partial charge on any atom is 0.216 e. The van der Waals surface area contributed by atoms with Gasteiger partial charge in [0.1, 0.15) is 0 Å². The van der Waals surface area contributed by atoms with E-state index >= 15 is 0 Å². The van der Waals surface area contributed by atoms with Gasteiger partial charge < -0.3 is 10.5 Å². The second-order valence-electron chi connectivity index (χ2n) is 5.86. The Kier molecular flexibility index (Phi) is 7.21. The molecule has 2 aliphatic rings. The van der Waals surface area contributed by atoms with Crippen molar-refractivity contribution in [1.29, 1.82) is 0 Å². The lowest BCUT2D eigenvalue weighted by Gasteiger charge is -2.34. The molecule has 0 bridgehead atoms. The molecule has 2 rings (SSSR count). The molecule has 0 aromatic rings. The third-order valence-electron chi connectivity index (χ3n) is 4.31. The molecule has 2 atom stereocenters. The number of nitrogens with zero attached hydrogens (tertiary/aromatic N) is 1. The number of piperidine rings is 1. The summed E-state index contributed by atoms with van der Waals surface area (Å²) in [6.45, 7) is 3.93. The highest BCUT2D eigenvalue weighted by Gasteiger charge is 2.31. The van der Waals surface area contributed by atoms with Crippen molar-refractivity contribution >= 4 is 22.4 Å². The molecule has 0 aromatic heterocycles. The molecule has 0 radical (unpaired) electrons. The largest absolute Gasteiger partial charge is 0.377 e. The zero-order valence-electron chi connectivity index (χ0n) is 12.2. The Morgan fingerprint density at radius 2 is 1.90 bits per heavy atom. The summed E-state index contributed by atoms with van der Waals surface area (Å²) in [6.07, 6.45) is 4.65. The number of ether oxygens (including phenoxy) is 1. The zero-order valence-corrected chi connectivity index (χ0v) is 13.8. The Balaban J connectivity index is 0.00000200. The highest BCUT2D eigenvalue weighted by molar-refractivity contribution is 7.89. The number of rotatable bonds is 4. The Bertz CT molecular complexity index is 375. The van der Waals surface area contributed by atoms with Crippen LogP contribution >= 0.6 is 12.4 Å². The molecule has 0 saturated carbocycles. The maximum absolute atomic E-state index is 12.3. The number of hydrogen-bond donors (Lipinski definition) is 1. The topological polar surface area (TPSA) is 72.6 Å². The maximum atomic E-state index is 12.3. The first-order chi connectivity index (χ1) is 8.99. The van der Waals surface area contributed by atoms with E-state index in [1.807, 2.05) is 6.92 Å². The molecule has 2 N–H and O–H groups in total. The van der Waals surface area contributed by atoms with Crippen LogP contribution in [-0.2, 0) is 14.8 Å².